The molecule has 8 heteroatoms. The van der Waals surface area contributed by atoms with E-state index in [9.17, 15) is 14.0 Å². The molecule has 2 amide bonds. The number of piperazine rings is 1. The Hall–Kier alpha value is -3.13. The minimum atomic E-state index is -0.361. The summed E-state index contributed by atoms with van der Waals surface area (Å²) in [5, 5.41) is 0. The van der Waals surface area contributed by atoms with Crippen molar-refractivity contribution >= 4 is 17.5 Å². The lowest BCUT2D eigenvalue weighted by Gasteiger charge is -2.44. The molecule has 40 heavy (non-hydrogen) atoms. The third-order valence-corrected chi connectivity index (χ3v) is 9.06. The summed E-state index contributed by atoms with van der Waals surface area (Å²) in [4.78, 5) is 35.2. The number of hydrogen-bond donors (Lipinski definition) is 0. The number of likely N-dealkylation sites (tertiary alicyclic amines) is 1. The van der Waals surface area contributed by atoms with Crippen LogP contribution in [0.3, 0.4) is 0 Å². The minimum absolute atomic E-state index is 0.125. The number of rotatable bonds is 4. The van der Waals surface area contributed by atoms with Crippen LogP contribution in [0.5, 0.6) is 5.75 Å². The van der Waals surface area contributed by atoms with E-state index in [4.69, 9.17) is 4.74 Å². The van der Waals surface area contributed by atoms with Crippen molar-refractivity contribution in [2.45, 2.75) is 45.4 Å². The number of ether oxygens (including phenoxy) is 1. The van der Waals surface area contributed by atoms with Crippen molar-refractivity contribution in [1.82, 2.24) is 14.7 Å². The molecule has 1 spiro atoms. The standard InChI is InChI=1S/C32H43FN4O3/c1-2-35-23-24-40-29-13-6-3-9-26(29)10-7-8-14-32(31(35)39)15-17-34(18-16-32)25-30(38)37-21-19-36(20-22-37)28-12-5-4-11-27(28)33/h3-6,9,11-13H,2,7-8,10,14-25H2,1H3. The normalized spacial score (nSPS) is 20.9. The largest absolute Gasteiger partial charge is 0.491 e. The van der Waals surface area contributed by atoms with Crippen molar-refractivity contribution in [1.29, 1.82) is 0 Å². The molecule has 2 aromatic carbocycles. The Bertz CT molecular complexity index is 1160. The van der Waals surface area contributed by atoms with Crippen molar-refractivity contribution in [2.24, 2.45) is 5.41 Å². The number of piperidine rings is 1. The number of anilines is 1. The van der Waals surface area contributed by atoms with E-state index in [2.05, 4.69) is 17.0 Å². The number of carbonyl (C=O) groups is 2. The molecule has 7 nitrogen and oxygen atoms in total. The Balaban J connectivity index is 1.16. The van der Waals surface area contributed by atoms with Gasteiger partial charge in [0.25, 0.3) is 0 Å². The summed E-state index contributed by atoms with van der Waals surface area (Å²) in [7, 11) is 0. The van der Waals surface area contributed by atoms with Crippen LogP contribution in [-0.4, -0.2) is 92.0 Å². The van der Waals surface area contributed by atoms with Crippen molar-refractivity contribution in [3.63, 3.8) is 0 Å². The molecule has 3 heterocycles. The Kier molecular flexibility index (Phi) is 9.25. The Morgan fingerprint density at radius 3 is 2.38 bits per heavy atom. The summed E-state index contributed by atoms with van der Waals surface area (Å²) in [6.45, 7) is 8.15. The molecule has 3 aliphatic heterocycles. The van der Waals surface area contributed by atoms with Gasteiger partial charge in [0, 0.05) is 32.7 Å². The average Bonchev–Trinajstić information content (AvgIpc) is 2.98. The molecule has 0 N–H and O–H groups in total. The maximum absolute atomic E-state index is 14.2. The number of para-hydroxylation sites is 2. The third-order valence-electron chi connectivity index (χ3n) is 9.06. The lowest BCUT2D eigenvalue weighted by molar-refractivity contribution is -0.146. The second kappa shape index (κ2) is 13.0. The number of amides is 2. The van der Waals surface area contributed by atoms with Gasteiger partial charge in [-0.3, -0.25) is 14.5 Å². The van der Waals surface area contributed by atoms with Gasteiger partial charge < -0.3 is 19.4 Å². The molecule has 0 radical (unpaired) electrons. The highest BCUT2D eigenvalue weighted by atomic mass is 19.1. The SMILES string of the molecule is CCN1CCOc2ccccc2CCCCC2(CCN(CC(=O)N3CCN(c4ccccc4F)CC3)CC2)C1=O. The van der Waals surface area contributed by atoms with E-state index in [1.54, 1.807) is 12.1 Å². The third kappa shape index (κ3) is 6.43. The van der Waals surface area contributed by atoms with Crippen LogP contribution in [0.4, 0.5) is 10.1 Å². The number of likely N-dealkylation sites (N-methyl/N-ethyl adjacent to an activating group) is 1. The van der Waals surface area contributed by atoms with E-state index >= 15 is 0 Å². The van der Waals surface area contributed by atoms with E-state index in [0.717, 1.165) is 57.4 Å². The summed E-state index contributed by atoms with van der Waals surface area (Å²) >= 11 is 0. The van der Waals surface area contributed by atoms with Crippen molar-refractivity contribution in [3.8, 4) is 5.75 Å². The lowest BCUT2D eigenvalue weighted by atomic mass is 9.73. The second-order valence-corrected chi connectivity index (χ2v) is 11.4. The molecule has 0 saturated carbocycles. The molecule has 216 valence electrons. The molecule has 2 saturated heterocycles. The number of aryl methyl sites for hydroxylation is 1. The minimum Gasteiger partial charge on any atom is -0.491 e. The zero-order valence-corrected chi connectivity index (χ0v) is 23.8. The molecule has 2 aromatic rings. The highest BCUT2D eigenvalue weighted by molar-refractivity contribution is 5.83. The fourth-order valence-electron chi connectivity index (χ4n) is 6.54. The first kappa shape index (κ1) is 28.4. The number of hydrogen-bond acceptors (Lipinski definition) is 5. The monoisotopic (exact) mass is 550 g/mol. The number of halogens is 1. The van der Waals surface area contributed by atoms with E-state index in [0.29, 0.717) is 58.1 Å². The van der Waals surface area contributed by atoms with Crippen LogP contribution in [0.25, 0.3) is 0 Å². The average molecular weight is 551 g/mol. The first-order chi connectivity index (χ1) is 19.5. The maximum Gasteiger partial charge on any atom is 0.236 e. The van der Waals surface area contributed by atoms with Gasteiger partial charge in [-0.25, -0.2) is 4.39 Å². The smallest absolute Gasteiger partial charge is 0.236 e. The van der Waals surface area contributed by atoms with E-state index in [-0.39, 0.29) is 23.0 Å². The van der Waals surface area contributed by atoms with Crippen molar-refractivity contribution < 1.29 is 18.7 Å². The molecule has 0 bridgehead atoms. The van der Waals surface area contributed by atoms with Gasteiger partial charge in [-0.05, 0) is 75.9 Å². The first-order valence-corrected chi connectivity index (χ1v) is 15.0. The number of nitrogens with zero attached hydrogens (tertiary/aromatic N) is 4. The Morgan fingerprint density at radius 1 is 0.900 bits per heavy atom. The maximum atomic E-state index is 14.2. The van der Waals surface area contributed by atoms with Gasteiger partial charge in [0.2, 0.25) is 11.8 Å². The first-order valence-electron chi connectivity index (χ1n) is 15.0. The fraction of sp³-hybridized carbons (Fsp3) is 0.562. The number of fused-ring (bicyclic) bond motifs is 1. The molecule has 0 atom stereocenters. The quantitative estimate of drug-likeness (QED) is 0.571. The summed E-state index contributed by atoms with van der Waals surface area (Å²) in [6, 6.07) is 15.1. The van der Waals surface area contributed by atoms with Gasteiger partial charge in [-0.15, -0.1) is 0 Å². The van der Waals surface area contributed by atoms with Gasteiger partial charge in [0.05, 0.1) is 24.2 Å². The van der Waals surface area contributed by atoms with Crippen molar-refractivity contribution in [2.75, 3.05) is 70.4 Å². The highest BCUT2D eigenvalue weighted by Crippen LogP contribution is 2.39. The zero-order valence-electron chi connectivity index (χ0n) is 23.8. The van der Waals surface area contributed by atoms with Gasteiger partial charge in [0.1, 0.15) is 18.2 Å². The van der Waals surface area contributed by atoms with Crippen molar-refractivity contribution in [3.05, 3.63) is 59.9 Å². The molecule has 0 unspecified atom stereocenters. The molecular formula is C32H43FN4O3. The van der Waals surface area contributed by atoms with Crippen LogP contribution in [0, 0.1) is 11.2 Å². The molecular weight excluding hydrogens is 507 g/mol. The summed E-state index contributed by atoms with van der Waals surface area (Å²) in [6.07, 6.45) is 5.46. The van der Waals surface area contributed by atoms with Crippen LogP contribution in [0.2, 0.25) is 0 Å². The lowest BCUT2D eigenvalue weighted by Crippen LogP contribution is -2.54. The molecule has 3 aliphatic rings. The highest BCUT2D eigenvalue weighted by Gasteiger charge is 2.43. The fourth-order valence-corrected chi connectivity index (χ4v) is 6.54. The second-order valence-electron chi connectivity index (χ2n) is 11.4. The van der Waals surface area contributed by atoms with Crippen LogP contribution in [0.15, 0.2) is 48.5 Å². The Labute approximate surface area is 237 Å². The summed E-state index contributed by atoms with van der Waals surface area (Å²) < 4.78 is 20.3. The summed E-state index contributed by atoms with van der Waals surface area (Å²) in [5.41, 5.74) is 1.49. The summed E-state index contributed by atoms with van der Waals surface area (Å²) in [5.74, 6) is 1.10. The van der Waals surface area contributed by atoms with Crippen LogP contribution >= 0.6 is 0 Å². The van der Waals surface area contributed by atoms with Crippen LogP contribution < -0.4 is 9.64 Å². The van der Waals surface area contributed by atoms with Gasteiger partial charge in [-0.1, -0.05) is 36.8 Å². The number of benzene rings is 2. The topological polar surface area (TPSA) is 56.3 Å². The molecule has 0 aromatic heterocycles. The molecule has 0 aliphatic carbocycles. The van der Waals surface area contributed by atoms with Crippen LogP contribution in [0.1, 0.15) is 44.6 Å². The molecule has 5 rings (SSSR count). The Morgan fingerprint density at radius 2 is 1.62 bits per heavy atom. The van der Waals surface area contributed by atoms with E-state index in [1.807, 2.05) is 39.8 Å². The van der Waals surface area contributed by atoms with Gasteiger partial charge >= 0.3 is 0 Å². The predicted molar refractivity (Wildman–Crippen MR) is 155 cm³/mol. The predicted octanol–water partition coefficient (Wildman–Crippen LogP) is 4.21. The number of carbonyl (C=O) groups excluding carboxylic acids is 2. The zero-order chi connectivity index (χ0) is 28.0. The van der Waals surface area contributed by atoms with Gasteiger partial charge in [0.15, 0.2) is 0 Å². The van der Waals surface area contributed by atoms with E-state index in [1.165, 1.54) is 11.6 Å². The van der Waals surface area contributed by atoms with Gasteiger partial charge in [-0.2, -0.15) is 0 Å². The van der Waals surface area contributed by atoms with E-state index < -0.39 is 0 Å². The van der Waals surface area contributed by atoms with Crippen LogP contribution in [-0.2, 0) is 16.0 Å². The molecule has 2 fully saturated rings.